The molecule has 5 nitrogen and oxygen atoms in total. The van der Waals surface area contributed by atoms with E-state index < -0.39 is 0 Å². The smallest absolute Gasteiger partial charge is 0.150 e. The molecule has 0 spiro atoms. The Balaban J connectivity index is 2.20. The van der Waals surface area contributed by atoms with Gasteiger partial charge in [-0.15, -0.1) is 11.3 Å². The van der Waals surface area contributed by atoms with Crippen LogP contribution < -0.4 is 4.90 Å². The molecule has 3 aromatic heterocycles. The van der Waals surface area contributed by atoms with E-state index in [0.29, 0.717) is 0 Å². The van der Waals surface area contributed by atoms with Crippen LogP contribution >= 0.6 is 11.3 Å². The second-order valence-electron chi connectivity index (χ2n) is 5.13. The lowest BCUT2D eigenvalue weighted by Gasteiger charge is -2.11. The van der Waals surface area contributed by atoms with E-state index in [1.54, 1.807) is 11.3 Å². The van der Waals surface area contributed by atoms with Crippen LogP contribution in [0.1, 0.15) is 5.82 Å². The highest BCUT2D eigenvalue weighted by Crippen LogP contribution is 2.36. The van der Waals surface area contributed by atoms with E-state index in [-0.39, 0.29) is 0 Å². The maximum atomic E-state index is 4.75. The van der Waals surface area contributed by atoms with Crippen molar-refractivity contribution in [1.29, 1.82) is 0 Å². The number of fused-ring (bicyclic) bond motifs is 4. The second-order valence-corrected chi connectivity index (χ2v) is 6.13. The van der Waals surface area contributed by atoms with Crippen molar-refractivity contribution in [2.45, 2.75) is 6.92 Å². The van der Waals surface area contributed by atoms with E-state index in [1.807, 2.05) is 50.2 Å². The minimum Gasteiger partial charge on any atom is -0.361 e. The molecule has 0 aliphatic heterocycles. The summed E-state index contributed by atoms with van der Waals surface area (Å²) in [5.41, 5.74) is 3.56. The van der Waals surface area contributed by atoms with Gasteiger partial charge in [-0.05, 0) is 19.1 Å². The number of hydrogen-bond acceptors (Lipinski definition) is 6. The molecule has 21 heavy (non-hydrogen) atoms. The number of para-hydroxylation sites is 2. The minimum atomic E-state index is 0.751. The van der Waals surface area contributed by atoms with Crippen molar-refractivity contribution < 1.29 is 0 Å². The van der Waals surface area contributed by atoms with E-state index in [9.17, 15) is 0 Å². The molecule has 0 amide bonds. The summed E-state index contributed by atoms with van der Waals surface area (Å²) in [5.74, 6) is 1.67. The molecule has 1 aromatic carbocycles. The Morgan fingerprint density at radius 3 is 2.33 bits per heavy atom. The molecule has 0 unspecified atom stereocenters. The fourth-order valence-electron chi connectivity index (χ4n) is 2.41. The molecule has 0 radical (unpaired) electrons. The Hall–Kier alpha value is -2.34. The van der Waals surface area contributed by atoms with Crippen LogP contribution in [0.15, 0.2) is 24.3 Å². The third-order valence-corrected chi connectivity index (χ3v) is 4.40. The van der Waals surface area contributed by atoms with Crippen LogP contribution in [-0.2, 0) is 0 Å². The van der Waals surface area contributed by atoms with Gasteiger partial charge in [0.1, 0.15) is 27.5 Å². The highest BCUT2D eigenvalue weighted by atomic mass is 32.1. The molecular formula is C15H13N5S. The van der Waals surface area contributed by atoms with E-state index in [2.05, 4.69) is 9.97 Å². The topological polar surface area (TPSA) is 54.8 Å². The Kier molecular flexibility index (Phi) is 2.56. The van der Waals surface area contributed by atoms with E-state index in [0.717, 1.165) is 43.2 Å². The average molecular weight is 295 g/mol. The molecule has 0 bridgehead atoms. The van der Waals surface area contributed by atoms with Gasteiger partial charge >= 0.3 is 0 Å². The van der Waals surface area contributed by atoms with Gasteiger partial charge < -0.3 is 4.90 Å². The Morgan fingerprint density at radius 1 is 0.905 bits per heavy atom. The maximum absolute atomic E-state index is 4.75. The summed E-state index contributed by atoms with van der Waals surface area (Å²) in [7, 11) is 3.98. The van der Waals surface area contributed by atoms with Gasteiger partial charge in [0.25, 0.3) is 0 Å². The molecule has 0 aliphatic carbocycles. The quantitative estimate of drug-likeness (QED) is 0.540. The van der Waals surface area contributed by atoms with Gasteiger partial charge in [-0.25, -0.2) is 19.9 Å². The fraction of sp³-hybridized carbons (Fsp3) is 0.200. The van der Waals surface area contributed by atoms with Gasteiger partial charge in [-0.3, -0.25) is 0 Å². The van der Waals surface area contributed by atoms with Gasteiger partial charge in [0.15, 0.2) is 0 Å². The lowest BCUT2D eigenvalue weighted by molar-refractivity contribution is 1.02. The number of nitrogens with zero attached hydrogens (tertiary/aromatic N) is 5. The first-order valence-corrected chi connectivity index (χ1v) is 7.46. The fourth-order valence-corrected chi connectivity index (χ4v) is 3.55. The van der Waals surface area contributed by atoms with Crippen molar-refractivity contribution in [2.24, 2.45) is 0 Å². The zero-order valence-corrected chi connectivity index (χ0v) is 12.8. The molecule has 6 heteroatoms. The number of anilines is 1. The van der Waals surface area contributed by atoms with E-state index in [1.165, 1.54) is 0 Å². The summed E-state index contributed by atoms with van der Waals surface area (Å²) in [5, 5.41) is 0. The summed E-state index contributed by atoms with van der Waals surface area (Å²) < 4.78 is 1.04. The van der Waals surface area contributed by atoms with Crippen LogP contribution in [0.2, 0.25) is 0 Å². The molecule has 4 rings (SSSR count). The van der Waals surface area contributed by atoms with Gasteiger partial charge in [-0.2, -0.15) is 0 Å². The molecule has 0 atom stereocenters. The largest absolute Gasteiger partial charge is 0.361 e. The predicted molar refractivity (Wildman–Crippen MR) is 87.1 cm³/mol. The normalized spacial score (nSPS) is 11.6. The average Bonchev–Trinajstić information content (AvgIpc) is 2.81. The molecule has 0 saturated carbocycles. The minimum absolute atomic E-state index is 0.751. The van der Waals surface area contributed by atoms with Crippen LogP contribution in [-0.4, -0.2) is 34.0 Å². The molecule has 4 aromatic rings. The second kappa shape index (κ2) is 4.33. The third-order valence-electron chi connectivity index (χ3n) is 3.34. The van der Waals surface area contributed by atoms with Gasteiger partial charge in [0.2, 0.25) is 0 Å². The van der Waals surface area contributed by atoms with E-state index in [4.69, 9.17) is 9.97 Å². The van der Waals surface area contributed by atoms with Crippen molar-refractivity contribution >= 4 is 48.8 Å². The van der Waals surface area contributed by atoms with Crippen LogP contribution in [0.5, 0.6) is 0 Å². The molecule has 0 N–H and O–H groups in total. The van der Waals surface area contributed by atoms with Crippen LogP contribution in [0.4, 0.5) is 5.82 Å². The van der Waals surface area contributed by atoms with Crippen LogP contribution in [0.25, 0.3) is 31.6 Å². The Morgan fingerprint density at radius 2 is 1.62 bits per heavy atom. The van der Waals surface area contributed by atoms with Gasteiger partial charge in [0.05, 0.1) is 15.7 Å². The van der Waals surface area contributed by atoms with Gasteiger partial charge in [-0.1, -0.05) is 12.1 Å². The number of thiophene rings is 1. The third kappa shape index (κ3) is 1.83. The lowest BCUT2D eigenvalue weighted by atomic mass is 10.3. The first-order valence-electron chi connectivity index (χ1n) is 6.64. The van der Waals surface area contributed by atoms with Gasteiger partial charge in [0, 0.05) is 14.1 Å². The van der Waals surface area contributed by atoms with Crippen molar-refractivity contribution in [2.75, 3.05) is 19.0 Å². The summed E-state index contributed by atoms with van der Waals surface area (Å²) in [6.07, 6.45) is 0. The number of benzene rings is 1. The number of rotatable bonds is 1. The first-order chi connectivity index (χ1) is 10.1. The van der Waals surface area contributed by atoms with Crippen LogP contribution in [0, 0.1) is 6.92 Å². The molecule has 0 fully saturated rings. The van der Waals surface area contributed by atoms with Crippen molar-refractivity contribution in [3.05, 3.63) is 30.1 Å². The molecule has 0 saturated heterocycles. The predicted octanol–water partition coefficient (Wildman–Crippen LogP) is 3.16. The molecule has 104 valence electrons. The lowest BCUT2D eigenvalue weighted by Crippen LogP contribution is -2.11. The number of aromatic nitrogens is 4. The summed E-state index contributed by atoms with van der Waals surface area (Å²) in [6, 6.07) is 7.91. The zero-order valence-electron chi connectivity index (χ0n) is 12.0. The monoisotopic (exact) mass is 295 g/mol. The van der Waals surface area contributed by atoms with E-state index >= 15 is 0 Å². The van der Waals surface area contributed by atoms with Crippen LogP contribution in [0.3, 0.4) is 0 Å². The standard InChI is InChI=1S/C15H13N5S/c1-8-16-11-12-15(21-13(11)14(17-8)20(2)3)19-10-7-5-4-6-9(10)18-12/h4-7H,1-3H3. The van der Waals surface area contributed by atoms with Crippen molar-refractivity contribution in [1.82, 2.24) is 19.9 Å². The SMILES string of the molecule is Cc1nc(N(C)C)c2sc3nc4ccccc4nc3c2n1. The first kappa shape index (κ1) is 12.4. The molecule has 0 aliphatic rings. The number of aryl methyl sites for hydroxylation is 1. The summed E-state index contributed by atoms with van der Waals surface area (Å²) in [6.45, 7) is 1.91. The Bertz CT molecular complexity index is 990. The summed E-state index contributed by atoms with van der Waals surface area (Å²) >= 11 is 1.60. The summed E-state index contributed by atoms with van der Waals surface area (Å²) in [4.78, 5) is 21.5. The maximum Gasteiger partial charge on any atom is 0.150 e. The highest BCUT2D eigenvalue weighted by Gasteiger charge is 2.16. The van der Waals surface area contributed by atoms with Crippen molar-refractivity contribution in [3.8, 4) is 0 Å². The highest BCUT2D eigenvalue weighted by molar-refractivity contribution is 7.25. The molecule has 3 heterocycles. The molecular weight excluding hydrogens is 282 g/mol. The van der Waals surface area contributed by atoms with Crippen molar-refractivity contribution in [3.63, 3.8) is 0 Å². The Labute approximate surface area is 125 Å². The zero-order chi connectivity index (χ0) is 14.6. The number of hydrogen-bond donors (Lipinski definition) is 0.